The lowest BCUT2D eigenvalue weighted by atomic mass is 10.1. The first-order valence-corrected chi connectivity index (χ1v) is 11.2. The van der Waals surface area contributed by atoms with Crippen molar-refractivity contribution in [1.29, 1.82) is 0 Å². The van der Waals surface area contributed by atoms with Crippen molar-refractivity contribution in [3.8, 4) is 11.1 Å². The summed E-state index contributed by atoms with van der Waals surface area (Å²) in [5.41, 5.74) is 3.78. The number of hydrogen-bond donors (Lipinski definition) is 1. The third kappa shape index (κ3) is 4.16. The van der Waals surface area contributed by atoms with Crippen molar-refractivity contribution in [2.24, 2.45) is 0 Å². The average Bonchev–Trinajstić information content (AvgIpc) is 3.17. The Hall–Kier alpha value is -2.57. The second kappa shape index (κ2) is 9.06. The van der Waals surface area contributed by atoms with Crippen molar-refractivity contribution in [3.63, 3.8) is 0 Å². The fourth-order valence-corrected chi connectivity index (χ4v) is 4.65. The lowest BCUT2D eigenvalue weighted by Gasteiger charge is -2.12. The van der Waals surface area contributed by atoms with Crippen LogP contribution in [0.15, 0.2) is 64.7 Å². The maximum Gasteiger partial charge on any atom is 0.278 e. The van der Waals surface area contributed by atoms with Gasteiger partial charge in [-0.25, -0.2) is 9.37 Å². The van der Waals surface area contributed by atoms with Crippen LogP contribution in [-0.4, -0.2) is 14.5 Å². The molecular formula is C23H21ClFN3OS. The smallest absolute Gasteiger partial charge is 0.278 e. The van der Waals surface area contributed by atoms with E-state index in [1.807, 2.05) is 36.5 Å². The second-order valence-electron chi connectivity index (χ2n) is 7.02. The van der Waals surface area contributed by atoms with E-state index in [0.29, 0.717) is 33.5 Å². The minimum Gasteiger partial charge on any atom is -0.355 e. The van der Waals surface area contributed by atoms with E-state index in [2.05, 4.69) is 11.9 Å². The summed E-state index contributed by atoms with van der Waals surface area (Å²) in [7, 11) is 0. The zero-order valence-corrected chi connectivity index (χ0v) is 18.1. The van der Waals surface area contributed by atoms with Gasteiger partial charge in [0.15, 0.2) is 5.16 Å². The molecule has 0 spiro atoms. The summed E-state index contributed by atoms with van der Waals surface area (Å²) < 4.78 is 15.1. The van der Waals surface area contributed by atoms with Crippen molar-refractivity contribution < 1.29 is 4.39 Å². The minimum atomic E-state index is -0.368. The predicted molar refractivity (Wildman–Crippen MR) is 122 cm³/mol. The van der Waals surface area contributed by atoms with Crippen molar-refractivity contribution in [1.82, 2.24) is 14.5 Å². The van der Waals surface area contributed by atoms with E-state index in [1.54, 1.807) is 10.6 Å². The predicted octanol–water partition coefficient (Wildman–Crippen LogP) is 6.28. The molecule has 0 saturated heterocycles. The first kappa shape index (κ1) is 20.7. The Labute approximate surface area is 183 Å². The zero-order chi connectivity index (χ0) is 21.1. The molecule has 0 radical (unpaired) electrons. The normalized spacial score (nSPS) is 11.3. The van der Waals surface area contributed by atoms with Crippen LogP contribution in [0.5, 0.6) is 0 Å². The number of nitrogens with one attached hydrogen (secondary N) is 1. The van der Waals surface area contributed by atoms with Gasteiger partial charge in [-0.1, -0.05) is 73.1 Å². The monoisotopic (exact) mass is 441 g/mol. The van der Waals surface area contributed by atoms with Crippen LogP contribution in [-0.2, 0) is 12.3 Å². The van der Waals surface area contributed by atoms with Crippen molar-refractivity contribution in [2.45, 2.75) is 37.2 Å². The maximum absolute atomic E-state index is 13.4. The third-order valence-electron chi connectivity index (χ3n) is 4.94. The average molecular weight is 442 g/mol. The van der Waals surface area contributed by atoms with Crippen LogP contribution in [0.3, 0.4) is 0 Å². The minimum absolute atomic E-state index is 0.0802. The van der Waals surface area contributed by atoms with Crippen LogP contribution in [0.25, 0.3) is 22.2 Å². The van der Waals surface area contributed by atoms with Gasteiger partial charge < -0.3 is 4.98 Å². The molecule has 0 aliphatic carbocycles. The molecule has 0 saturated carbocycles. The van der Waals surface area contributed by atoms with Crippen LogP contribution >= 0.6 is 23.4 Å². The number of thioether (sulfide) groups is 1. The van der Waals surface area contributed by atoms with Gasteiger partial charge in [-0.05, 0) is 29.7 Å². The molecule has 2 aromatic carbocycles. The topological polar surface area (TPSA) is 50.7 Å². The van der Waals surface area contributed by atoms with Crippen molar-refractivity contribution in [2.75, 3.05) is 0 Å². The number of H-pyrrole nitrogens is 1. The van der Waals surface area contributed by atoms with Gasteiger partial charge in [0.25, 0.3) is 5.56 Å². The van der Waals surface area contributed by atoms with E-state index < -0.39 is 0 Å². The number of aromatic nitrogens is 3. The Bertz CT molecular complexity index is 1240. The number of aromatic amines is 1. The number of nitrogens with zero attached hydrogens (tertiary/aromatic N) is 2. The summed E-state index contributed by atoms with van der Waals surface area (Å²) in [6.45, 7) is 2.68. The summed E-state index contributed by atoms with van der Waals surface area (Å²) in [6.07, 6.45) is 3.69. The van der Waals surface area contributed by atoms with E-state index in [0.717, 1.165) is 29.5 Å². The highest BCUT2D eigenvalue weighted by atomic mass is 35.5. The van der Waals surface area contributed by atoms with Crippen LogP contribution in [0.1, 0.15) is 25.3 Å². The summed E-state index contributed by atoms with van der Waals surface area (Å²) in [5, 5.41) is 1.01. The molecule has 7 heteroatoms. The molecule has 2 aromatic heterocycles. The molecular weight excluding hydrogens is 421 g/mol. The second-order valence-corrected chi connectivity index (χ2v) is 8.37. The summed E-state index contributed by atoms with van der Waals surface area (Å²) in [4.78, 5) is 21.2. The quantitative estimate of drug-likeness (QED) is 0.271. The van der Waals surface area contributed by atoms with Crippen LogP contribution in [0.2, 0.25) is 5.02 Å². The molecule has 0 unspecified atom stereocenters. The Kier molecular flexibility index (Phi) is 6.25. The first-order valence-electron chi connectivity index (χ1n) is 9.82. The highest BCUT2D eigenvalue weighted by Crippen LogP contribution is 2.30. The lowest BCUT2D eigenvalue weighted by Crippen LogP contribution is -2.23. The fraction of sp³-hybridized carbons (Fsp3) is 0.217. The molecule has 0 fully saturated rings. The largest absolute Gasteiger partial charge is 0.355 e. The van der Waals surface area contributed by atoms with E-state index in [4.69, 9.17) is 16.6 Å². The Morgan fingerprint density at radius 3 is 2.73 bits per heavy atom. The zero-order valence-electron chi connectivity index (χ0n) is 16.5. The van der Waals surface area contributed by atoms with Gasteiger partial charge in [-0.15, -0.1) is 0 Å². The van der Waals surface area contributed by atoms with Crippen LogP contribution in [0.4, 0.5) is 4.39 Å². The molecule has 0 bridgehead atoms. The third-order valence-corrected chi connectivity index (χ3v) is 6.32. The summed E-state index contributed by atoms with van der Waals surface area (Å²) in [6, 6.07) is 14.2. The van der Waals surface area contributed by atoms with Gasteiger partial charge in [0, 0.05) is 29.1 Å². The molecule has 2 heterocycles. The Morgan fingerprint density at radius 1 is 1.20 bits per heavy atom. The van der Waals surface area contributed by atoms with E-state index in [1.165, 1.54) is 23.9 Å². The number of halogens is 2. The van der Waals surface area contributed by atoms with Gasteiger partial charge in [-0.3, -0.25) is 9.36 Å². The lowest BCUT2D eigenvalue weighted by molar-refractivity contribution is 0.557. The first-order chi connectivity index (χ1) is 14.6. The molecule has 4 nitrogen and oxygen atoms in total. The molecule has 0 amide bonds. The molecule has 4 aromatic rings. The van der Waals surface area contributed by atoms with Crippen LogP contribution in [0, 0.1) is 5.82 Å². The molecule has 0 aliphatic rings. The number of rotatable bonds is 7. The highest BCUT2D eigenvalue weighted by molar-refractivity contribution is 7.98. The summed E-state index contributed by atoms with van der Waals surface area (Å²) in [5.74, 6) is 0.127. The van der Waals surface area contributed by atoms with Crippen molar-refractivity contribution in [3.05, 3.63) is 81.5 Å². The molecule has 0 atom stereocenters. The van der Waals surface area contributed by atoms with E-state index >= 15 is 0 Å². The fourth-order valence-electron chi connectivity index (χ4n) is 3.32. The van der Waals surface area contributed by atoms with Gasteiger partial charge in [0.1, 0.15) is 16.9 Å². The van der Waals surface area contributed by atoms with E-state index in [-0.39, 0.29) is 11.4 Å². The van der Waals surface area contributed by atoms with Crippen molar-refractivity contribution >= 4 is 34.4 Å². The molecule has 1 N–H and O–H groups in total. The van der Waals surface area contributed by atoms with Gasteiger partial charge >= 0.3 is 0 Å². The standard InChI is InChI=1S/C23H21ClFN3OS/c1-2-3-11-28-22(29)21-20(18(13-26-21)15-7-5-4-6-8-15)27-23(28)30-14-16-9-10-17(25)12-19(16)24/h4-10,12-13,26H,2-3,11,14H2,1H3. The molecule has 154 valence electrons. The Balaban J connectivity index is 1.78. The van der Waals surface area contributed by atoms with Gasteiger partial charge in [-0.2, -0.15) is 0 Å². The number of unbranched alkanes of at least 4 members (excludes halogenated alkanes) is 1. The Morgan fingerprint density at radius 2 is 2.00 bits per heavy atom. The van der Waals surface area contributed by atoms with Gasteiger partial charge in [0.2, 0.25) is 0 Å². The highest BCUT2D eigenvalue weighted by Gasteiger charge is 2.17. The van der Waals surface area contributed by atoms with E-state index in [9.17, 15) is 9.18 Å². The molecule has 0 aliphatic heterocycles. The number of hydrogen-bond acceptors (Lipinski definition) is 3. The molecule has 30 heavy (non-hydrogen) atoms. The molecule has 4 rings (SSSR count). The maximum atomic E-state index is 13.4. The SMILES string of the molecule is CCCCn1c(SCc2ccc(F)cc2Cl)nc2c(-c3ccccc3)c[nH]c2c1=O. The number of fused-ring (bicyclic) bond motifs is 1. The van der Waals surface area contributed by atoms with Gasteiger partial charge in [0.05, 0.1) is 0 Å². The number of benzene rings is 2. The van der Waals surface area contributed by atoms with Crippen LogP contribution < -0.4 is 5.56 Å². The summed E-state index contributed by atoms with van der Waals surface area (Å²) >= 11 is 7.62.